The van der Waals surface area contributed by atoms with E-state index in [4.69, 9.17) is 4.74 Å². The van der Waals surface area contributed by atoms with E-state index in [9.17, 15) is 9.59 Å². The summed E-state index contributed by atoms with van der Waals surface area (Å²) in [6.07, 6.45) is 1.74. The number of nitrogens with one attached hydrogen (secondary N) is 1. The summed E-state index contributed by atoms with van der Waals surface area (Å²) >= 11 is 0. The van der Waals surface area contributed by atoms with Crippen LogP contribution in [0.2, 0.25) is 0 Å². The van der Waals surface area contributed by atoms with E-state index >= 15 is 0 Å². The topological polar surface area (TPSA) is 58.6 Å². The van der Waals surface area contributed by atoms with Crippen LogP contribution in [0.5, 0.6) is 5.75 Å². The fourth-order valence-electron chi connectivity index (χ4n) is 3.60. The number of ether oxygens (including phenoxy) is 1. The fraction of sp³-hybridized carbons (Fsp3) is 0.200. The molecule has 4 rings (SSSR count). The van der Waals surface area contributed by atoms with Crippen molar-refractivity contribution in [1.82, 2.24) is 0 Å². The van der Waals surface area contributed by atoms with Crippen LogP contribution >= 0.6 is 0 Å². The largest absolute Gasteiger partial charge is 0.482 e. The van der Waals surface area contributed by atoms with Gasteiger partial charge in [-0.05, 0) is 55.7 Å². The van der Waals surface area contributed by atoms with Gasteiger partial charge in [-0.25, -0.2) is 0 Å². The van der Waals surface area contributed by atoms with Gasteiger partial charge in [0, 0.05) is 17.8 Å². The highest BCUT2D eigenvalue weighted by Gasteiger charge is 2.25. The predicted molar refractivity (Wildman–Crippen MR) is 118 cm³/mol. The summed E-state index contributed by atoms with van der Waals surface area (Å²) in [5.74, 6) is 0.401. The van der Waals surface area contributed by atoms with Crippen molar-refractivity contribution >= 4 is 23.2 Å². The molecule has 0 unspecified atom stereocenters. The summed E-state index contributed by atoms with van der Waals surface area (Å²) in [5.41, 5.74) is 4.20. The molecule has 0 saturated carbocycles. The number of carbonyl (C=O) groups excluding carboxylic acids is 2. The number of fused-ring (bicyclic) bond motifs is 1. The summed E-state index contributed by atoms with van der Waals surface area (Å²) in [5, 5.41) is 2.92. The Labute approximate surface area is 176 Å². The molecule has 0 radical (unpaired) electrons. The van der Waals surface area contributed by atoms with Crippen molar-refractivity contribution in [3.05, 3.63) is 89.5 Å². The Morgan fingerprint density at radius 2 is 1.87 bits per heavy atom. The molecule has 0 bridgehead atoms. The third kappa shape index (κ3) is 4.51. The van der Waals surface area contributed by atoms with Crippen LogP contribution in [-0.2, 0) is 11.2 Å². The van der Waals surface area contributed by atoms with Gasteiger partial charge in [0.1, 0.15) is 5.75 Å². The van der Waals surface area contributed by atoms with Crippen molar-refractivity contribution in [3.63, 3.8) is 0 Å². The van der Waals surface area contributed by atoms with Crippen molar-refractivity contribution in [3.8, 4) is 5.75 Å². The van der Waals surface area contributed by atoms with Crippen molar-refractivity contribution in [2.75, 3.05) is 23.4 Å². The highest BCUT2D eigenvalue weighted by molar-refractivity contribution is 6.05. The first-order chi connectivity index (χ1) is 14.6. The maximum atomic E-state index is 12.6. The van der Waals surface area contributed by atoms with Crippen LogP contribution in [0, 0.1) is 6.92 Å². The molecule has 0 saturated heterocycles. The highest BCUT2D eigenvalue weighted by atomic mass is 16.5. The van der Waals surface area contributed by atoms with Crippen LogP contribution in [0.25, 0.3) is 0 Å². The van der Waals surface area contributed by atoms with Crippen LogP contribution in [0.1, 0.15) is 27.9 Å². The third-order valence-electron chi connectivity index (χ3n) is 5.13. The number of hydrogen-bond donors (Lipinski definition) is 1. The van der Waals surface area contributed by atoms with E-state index in [1.807, 2.05) is 49.4 Å². The first-order valence-corrected chi connectivity index (χ1v) is 10.1. The Morgan fingerprint density at radius 3 is 2.67 bits per heavy atom. The lowest BCUT2D eigenvalue weighted by Gasteiger charge is -2.30. The lowest BCUT2D eigenvalue weighted by molar-refractivity contribution is -0.121. The molecule has 30 heavy (non-hydrogen) atoms. The molecule has 2 amide bonds. The number of aryl methyl sites for hydroxylation is 2. The Bertz CT molecular complexity index is 1060. The summed E-state index contributed by atoms with van der Waals surface area (Å²) in [7, 11) is 0. The molecule has 3 aromatic rings. The molecule has 3 aromatic carbocycles. The molecule has 0 aromatic heterocycles. The standard InChI is InChI=1S/C25H24N2O3/c1-18-7-5-11-20(15-18)25(29)26-21-12-13-23-22(16-21)27(24(28)17-30-23)14-6-10-19-8-3-2-4-9-19/h2-5,7-9,11-13,15-16H,6,10,14,17H2,1H3,(H,26,29). The minimum absolute atomic E-state index is 0.0351. The summed E-state index contributed by atoms with van der Waals surface area (Å²) in [6.45, 7) is 2.58. The second-order valence-corrected chi connectivity index (χ2v) is 7.43. The molecule has 5 nitrogen and oxygen atoms in total. The van der Waals surface area contributed by atoms with Crippen molar-refractivity contribution in [1.29, 1.82) is 0 Å². The maximum absolute atomic E-state index is 12.6. The molecular formula is C25H24N2O3. The Balaban J connectivity index is 1.49. The summed E-state index contributed by atoms with van der Waals surface area (Å²) in [6, 6.07) is 23.1. The second-order valence-electron chi connectivity index (χ2n) is 7.43. The van der Waals surface area contributed by atoms with E-state index in [-0.39, 0.29) is 18.4 Å². The van der Waals surface area contributed by atoms with E-state index in [0.717, 1.165) is 18.4 Å². The van der Waals surface area contributed by atoms with Gasteiger partial charge < -0.3 is 15.0 Å². The molecule has 1 aliphatic rings. The van der Waals surface area contributed by atoms with Gasteiger partial charge in [-0.15, -0.1) is 0 Å². The number of carbonyl (C=O) groups is 2. The maximum Gasteiger partial charge on any atom is 0.265 e. The lowest BCUT2D eigenvalue weighted by atomic mass is 10.1. The average molecular weight is 400 g/mol. The monoisotopic (exact) mass is 400 g/mol. The molecule has 0 atom stereocenters. The number of amides is 2. The molecular weight excluding hydrogens is 376 g/mol. The van der Waals surface area contributed by atoms with Crippen LogP contribution in [0.3, 0.4) is 0 Å². The highest BCUT2D eigenvalue weighted by Crippen LogP contribution is 2.35. The number of rotatable bonds is 6. The second kappa shape index (κ2) is 8.82. The van der Waals surface area contributed by atoms with Crippen LogP contribution in [-0.4, -0.2) is 25.0 Å². The van der Waals surface area contributed by atoms with E-state index in [1.54, 1.807) is 23.1 Å². The number of anilines is 2. The molecule has 1 heterocycles. The average Bonchev–Trinajstić information content (AvgIpc) is 2.76. The van der Waals surface area contributed by atoms with Gasteiger partial charge in [-0.1, -0.05) is 48.0 Å². The van der Waals surface area contributed by atoms with Gasteiger partial charge in [0.2, 0.25) is 0 Å². The Hall–Kier alpha value is -3.60. The van der Waals surface area contributed by atoms with Crippen LogP contribution in [0.4, 0.5) is 11.4 Å². The Morgan fingerprint density at radius 1 is 1.03 bits per heavy atom. The molecule has 152 valence electrons. The molecule has 1 N–H and O–H groups in total. The van der Waals surface area contributed by atoms with E-state index in [2.05, 4.69) is 17.4 Å². The third-order valence-corrected chi connectivity index (χ3v) is 5.13. The molecule has 0 fully saturated rings. The first kappa shape index (κ1) is 19.7. The van der Waals surface area contributed by atoms with Gasteiger partial charge in [0.05, 0.1) is 5.69 Å². The van der Waals surface area contributed by atoms with Crippen LogP contribution < -0.4 is 15.0 Å². The molecule has 0 aliphatic carbocycles. The normalized spacial score (nSPS) is 12.8. The molecule has 5 heteroatoms. The zero-order valence-electron chi connectivity index (χ0n) is 16.9. The fourth-order valence-corrected chi connectivity index (χ4v) is 3.60. The van der Waals surface area contributed by atoms with Gasteiger partial charge in [0.15, 0.2) is 6.61 Å². The SMILES string of the molecule is Cc1cccc(C(=O)Nc2ccc3c(c2)N(CCCc2ccccc2)C(=O)CO3)c1. The van der Waals surface area contributed by atoms with Gasteiger partial charge in [0.25, 0.3) is 11.8 Å². The smallest absolute Gasteiger partial charge is 0.265 e. The van der Waals surface area contributed by atoms with E-state index in [0.29, 0.717) is 29.2 Å². The summed E-state index contributed by atoms with van der Waals surface area (Å²) < 4.78 is 5.59. The zero-order chi connectivity index (χ0) is 20.9. The van der Waals surface area contributed by atoms with Crippen LogP contribution in [0.15, 0.2) is 72.8 Å². The number of hydrogen-bond acceptors (Lipinski definition) is 3. The molecule has 1 aliphatic heterocycles. The minimum Gasteiger partial charge on any atom is -0.482 e. The van der Waals surface area contributed by atoms with Crippen molar-refractivity contribution < 1.29 is 14.3 Å². The van der Waals surface area contributed by atoms with Gasteiger partial charge in [-0.3, -0.25) is 9.59 Å². The van der Waals surface area contributed by atoms with Crippen molar-refractivity contribution in [2.45, 2.75) is 19.8 Å². The zero-order valence-corrected chi connectivity index (χ0v) is 16.9. The quantitative estimate of drug-likeness (QED) is 0.658. The first-order valence-electron chi connectivity index (χ1n) is 10.1. The number of benzene rings is 3. The van der Waals surface area contributed by atoms with Gasteiger partial charge in [-0.2, -0.15) is 0 Å². The lowest BCUT2D eigenvalue weighted by Crippen LogP contribution is -2.39. The predicted octanol–water partition coefficient (Wildman–Crippen LogP) is 4.61. The summed E-state index contributed by atoms with van der Waals surface area (Å²) in [4.78, 5) is 26.8. The van der Waals surface area contributed by atoms with Gasteiger partial charge >= 0.3 is 0 Å². The molecule has 0 spiro atoms. The minimum atomic E-state index is -0.183. The Kier molecular flexibility index (Phi) is 5.80. The van der Waals surface area contributed by atoms with E-state index < -0.39 is 0 Å². The number of nitrogens with zero attached hydrogens (tertiary/aromatic N) is 1. The van der Waals surface area contributed by atoms with Crippen molar-refractivity contribution in [2.24, 2.45) is 0 Å². The van der Waals surface area contributed by atoms with E-state index in [1.165, 1.54) is 5.56 Å².